The summed E-state index contributed by atoms with van der Waals surface area (Å²) in [6.45, 7) is 8.83. The number of ether oxygens (including phenoxy) is 1. The highest BCUT2D eigenvalue weighted by Crippen LogP contribution is 2.36. The molecule has 1 saturated heterocycles. The highest BCUT2D eigenvalue weighted by molar-refractivity contribution is 7.99. The molecule has 1 unspecified atom stereocenters. The van der Waals surface area contributed by atoms with E-state index < -0.39 is 0 Å². The van der Waals surface area contributed by atoms with Crippen molar-refractivity contribution >= 4 is 17.4 Å². The second-order valence-electron chi connectivity index (χ2n) is 6.39. The lowest BCUT2D eigenvalue weighted by Crippen LogP contribution is -2.35. The maximum Gasteiger partial charge on any atom is 0.142 e. The van der Waals surface area contributed by atoms with Gasteiger partial charge in [0.1, 0.15) is 5.75 Å². The number of hydrogen-bond donors (Lipinski definition) is 1. The molecule has 1 aliphatic rings. The van der Waals surface area contributed by atoms with Crippen molar-refractivity contribution in [3.63, 3.8) is 0 Å². The maximum absolute atomic E-state index is 5.87. The van der Waals surface area contributed by atoms with E-state index >= 15 is 0 Å². The van der Waals surface area contributed by atoms with Crippen molar-refractivity contribution in [3.8, 4) is 5.75 Å². The standard InChI is InChI=1S/C16H25NOS/c1-12(2)18-15-8-6-5-7-14(15)17-13-9-16(3,4)11-19-10-13/h5-8,12-13,17H,9-11H2,1-4H3. The summed E-state index contributed by atoms with van der Waals surface area (Å²) in [5.41, 5.74) is 1.55. The normalized spacial score (nSPS) is 22.3. The topological polar surface area (TPSA) is 21.3 Å². The van der Waals surface area contributed by atoms with E-state index in [1.165, 1.54) is 17.9 Å². The molecule has 1 aromatic carbocycles. The van der Waals surface area contributed by atoms with Crippen LogP contribution in [0.4, 0.5) is 5.69 Å². The molecule has 0 aromatic heterocycles. The molecule has 0 spiro atoms. The van der Waals surface area contributed by atoms with Gasteiger partial charge < -0.3 is 10.1 Å². The first kappa shape index (κ1) is 14.6. The van der Waals surface area contributed by atoms with Gasteiger partial charge in [-0.25, -0.2) is 0 Å². The predicted molar refractivity (Wildman–Crippen MR) is 85.3 cm³/mol. The van der Waals surface area contributed by atoms with Gasteiger partial charge in [-0.1, -0.05) is 26.0 Å². The zero-order valence-electron chi connectivity index (χ0n) is 12.4. The monoisotopic (exact) mass is 279 g/mol. The van der Waals surface area contributed by atoms with E-state index in [-0.39, 0.29) is 6.10 Å². The van der Waals surface area contributed by atoms with Gasteiger partial charge >= 0.3 is 0 Å². The summed E-state index contributed by atoms with van der Waals surface area (Å²) in [6.07, 6.45) is 1.43. The van der Waals surface area contributed by atoms with Crippen LogP contribution in [0, 0.1) is 5.41 Å². The van der Waals surface area contributed by atoms with Crippen LogP contribution in [-0.2, 0) is 0 Å². The summed E-state index contributed by atoms with van der Waals surface area (Å²) in [5.74, 6) is 3.40. The molecule has 3 heteroatoms. The van der Waals surface area contributed by atoms with E-state index in [1.807, 2.05) is 23.9 Å². The van der Waals surface area contributed by atoms with Crippen LogP contribution in [0.2, 0.25) is 0 Å². The number of rotatable bonds is 4. The zero-order chi connectivity index (χ0) is 13.9. The summed E-state index contributed by atoms with van der Waals surface area (Å²) in [4.78, 5) is 0. The van der Waals surface area contributed by atoms with Crippen molar-refractivity contribution in [3.05, 3.63) is 24.3 Å². The minimum Gasteiger partial charge on any atom is -0.489 e. The third-order valence-corrected chi connectivity index (χ3v) is 4.84. The van der Waals surface area contributed by atoms with Gasteiger partial charge in [-0.3, -0.25) is 0 Å². The molecule has 1 atom stereocenters. The second kappa shape index (κ2) is 6.08. The SMILES string of the molecule is CC(C)Oc1ccccc1NC1CSCC(C)(C)C1. The van der Waals surface area contributed by atoms with Crippen molar-refractivity contribution < 1.29 is 4.74 Å². The third kappa shape index (κ3) is 4.34. The van der Waals surface area contributed by atoms with Gasteiger partial charge in [0, 0.05) is 11.8 Å². The third-order valence-electron chi connectivity index (χ3n) is 3.22. The average molecular weight is 279 g/mol. The fraction of sp³-hybridized carbons (Fsp3) is 0.625. The van der Waals surface area contributed by atoms with Crippen molar-refractivity contribution in [1.29, 1.82) is 0 Å². The Labute approximate surface area is 121 Å². The van der Waals surface area contributed by atoms with Crippen LogP contribution in [0.15, 0.2) is 24.3 Å². The molecule has 0 bridgehead atoms. The fourth-order valence-corrected chi connectivity index (χ4v) is 3.79. The second-order valence-corrected chi connectivity index (χ2v) is 7.42. The molecule has 106 valence electrons. The molecule has 0 radical (unpaired) electrons. The molecule has 0 amide bonds. The van der Waals surface area contributed by atoms with Gasteiger partial charge in [-0.2, -0.15) is 11.8 Å². The van der Waals surface area contributed by atoms with Crippen molar-refractivity contribution in [2.24, 2.45) is 5.41 Å². The molecule has 2 nitrogen and oxygen atoms in total. The van der Waals surface area contributed by atoms with E-state index in [4.69, 9.17) is 4.74 Å². The van der Waals surface area contributed by atoms with Crippen LogP contribution in [0.25, 0.3) is 0 Å². The Morgan fingerprint density at radius 2 is 2.05 bits per heavy atom. The van der Waals surface area contributed by atoms with E-state index in [0.29, 0.717) is 11.5 Å². The van der Waals surface area contributed by atoms with Gasteiger partial charge in [0.15, 0.2) is 0 Å². The molecule has 1 aromatic rings. The Hall–Kier alpha value is -0.830. The molecule has 2 rings (SSSR count). The van der Waals surface area contributed by atoms with Crippen molar-refractivity contribution in [1.82, 2.24) is 0 Å². The van der Waals surface area contributed by atoms with Gasteiger partial charge in [0.2, 0.25) is 0 Å². The number of hydrogen-bond acceptors (Lipinski definition) is 3. The molecule has 0 aliphatic carbocycles. The Bertz CT molecular complexity index is 417. The van der Waals surface area contributed by atoms with Crippen LogP contribution in [0.1, 0.15) is 34.1 Å². The van der Waals surface area contributed by atoms with Gasteiger partial charge in [0.05, 0.1) is 11.8 Å². The summed E-state index contributed by atoms with van der Waals surface area (Å²) >= 11 is 2.05. The zero-order valence-corrected chi connectivity index (χ0v) is 13.2. The van der Waals surface area contributed by atoms with Crippen molar-refractivity contribution in [2.45, 2.75) is 46.3 Å². The minimum absolute atomic E-state index is 0.208. The molecule has 1 N–H and O–H groups in total. The van der Waals surface area contributed by atoms with E-state index in [1.54, 1.807) is 0 Å². The summed E-state index contributed by atoms with van der Waals surface area (Å²) in [7, 11) is 0. The summed E-state index contributed by atoms with van der Waals surface area (Å²) in [5, 5.41) is 3.66. The Morgan fingerprint density at radius 1 is 1.32 bits per heavy atom. The smallest absolute Gasteiger partial charge is 0.142 e. The number of para-hydroxylation sites is 2. The molecule has 0 saturated carbocycles. The number of nitrogens with one attached hydrogen (secondary N) is 1. The molecular formula is C16H25NOS. The Balaban J connectivity index is 2.06. The first-order chi connectivity index (χ1) is 8.96. The first-order valence-corrected chi connectivity index (χ1v) is 8.22. The fourth-order valence-electron chi connectivity index (χ4n) is 2.52. The van der Waals surface area contributed by atoms with Gasteiger partial charge in [-0.05, 0) is 43.6 Å². The quantitative estimate of drug-likeness (QED) is 0.881. The maximum atomic E-state index is 5.87. The van der Waals surface area contributed by atoms with Crippen LogP contribution < -0.4 is 10.1 Å². The van der Waals surface area contributed by atoms with E-state index in [9.17, 15) is 0 Å². The highest BCUT2D eigenvalue weighted by Gasteiger charge is 2.28. The molecule has 1 fully saturated rings. The molecular weight excluding hydrogens is 254 g/mol. The average Bonchev–Trinajstić information content (AvgIpc) is 2.30. The molecule has 19 heavy (non-hydrogen) atoms. The number of benzene rings is 1. The lowest BCUT2D eigenvalue weighted by atomic mass is 9.88. The summed E-state index contributed by atoms with van der Waals surface area (Å²) < 4.78 is 5.87. The van der Waals surface area contributed by atoms with Crippen LogP contribution in [0.3, 0.4) is 0 Å². The Kier molecular flexibility index (Phi) is 4.67. The van der Waals surface area contributed by atoms with E-state index in [2.05, 4.69) is 45.1 Å². The highest BCUT2D eigenvalue weighted by atomic mass is 32.2. The lowest BCUT2D eigenvalue weighted by Gasteiger charge is -2.35. The predicted octanol–water partition coefficient (Wildman–Crippen LogP) is 4.42. The van der Waals surface area contributed by atoms with Gasteiger partial charge in [0.25, 0.3) is 0 Å². The van der Waals surface area contributed by atoms with Crippen molar-refractivity contribution in [2.75, 3.05) is 16.8 Å². The lowest BCUT2D eigenvalue weighted by molar-refractivity contribution is 0.243. The summed E-state index contributed by atoms with van der Waals surface area (Å²) in [6, 6.07) is 8.79. The van der Waals surface area contributed by atoms with Crippen LogP contribution in [0.5, 0.6) is 5.75 Å². The molecule has 1 heterocycles. The number of thioether (sulfide) groups is 1. The minimum atomic E-state index is 0.208. The van der Waals surface area contributed by atoms with E-state index in [0.717, 1.165) is 11.4 Å². The first-order valence-electron chi connectivity index (χ1n) is 7.06. The number of anilines is 1. The van der Waals surface area contributed by atoms with Crippen LogP contribution >= 0.6 is 11.8 Å². The largest absolute Gasteiger partial charge is 0.489 e. The van der Waals surface area contributed by atoms with Crippen LogP contribution in [-0.4, -0.2) is 23.7 Å². The Morgan fingerprint density at radius 3 is 2.74 bits per heavy atom. The molecule has 1 aliphatic heterocycles. The van der Waals surface area contributed by atoms with Gasteiger partial charge in [-0.15, -0.1) is 0 Å².